The van der Waals surface area contributed by atoms with Crippen molar-refractivity contribution < 1.29 is 15.0 Å². The highest BCUT2D eigenvalue weighted by molar-refractivity contribution is 5.97. The van der Waals surface area contributed by atoms with Crippen molar-refractivity contribution in [3.63, 3.8) is 0 Å². The van der Waals surface area contributed by atoms with Gasteiger partial charge in [0.1, 0.15) is 17.5 Å². The van der Waals surface area contributed by atoms with E-state index in [2.05, 4.69) is 30.9 Å². The summed E-state index contributed by atoms with van der Waals surface area (Å²) in [6, 6.07) is 10.6. The highest BCUT2D eigenvalue weighted by Crippen LogP contribution is 2.45. The smallest absolute Gasteiger partial charge is 0.278 e. The number of benzene rings is 2. The lowest BCUT2D eigenvalue weighted by Gasteiger charge is -2.28. The molecule has 11 heteroatoms. The monoisotopic (exact) mass is 544 g/mol. The van der Waals surface area contributed by atoms with Gasteiger partial charge < -0.3 is 20.0 Å². The number of phenols is 1. The maximum atomic E-state index is 13.5. The van der Waals surface area contributed by atoms with Gasteiger partial charge >= 0.3 is 0 Å². The number of rotatable bonds is 8. The molecule has 1 amide bonds. The Balaban J connectivity index is 1.43. The molecule has 1 saturated carbocycles. The normalized spacial score (nSPS) is 21.8. The van der Waals surface area contributed by atoms with Crippen molar-refractivity contribution in [2.24, 2.45) is 10.2 Å². The average Bonchev–Trinajstić information content (AvgIpc) is 3.56. The molecule has 3 aromatic rings. The van der Waals surface area contributed by atoms with Crippen LogP contribution in [0.3, 0.4) is 0 Å². The molecule has 210 valence electrons. The molecule has 1 aromatic heterocycles. The minimum Gasteiger partial charge on any atom is -0.507 e. The summed E-state index contributed by atoms with van der Waals surface area (Å²) in [5.41, 5.74) is 3.94. The Kier molecular flexibility index (Phi) is 7.92. The number of azo groups is 1. The van der Waals surface area contributed by atoms with Crippen molar-refractivity contribution in [3.05, 3.63) is 75.9 Å². The quantitative estimate of drug-likeness (QED) is 0.340. The summed E-state index contributed by atoms with van der Waals surface area (Å²) >= 11 is 0. The molecule has 11 nitrogen and oxygen atoms in total. The van der Waals surface area contributed by atoms with Crippen LogP contribution in [0.4, 0.5) is 5.69 Å². The summed E-state index contributed by atoms with van der Waals surface area (Å²) in [6.45, 7) is 5.07. The molecule has 2 aromatic carbocycles. The van der Waals surface area contributed by atoms with Gasteiger partial charge in [-0.2, -0.15) is 5.21 Å². The predicted octanol–water partition coefficient (Wildman–Crippen LogP) is 4.96. The largest absolute Gasteiger partial charge is 0.507 e. The summed E-state index contributed by atoms with van der Waals surface area (Å²) in [5, 5.41) is 45.4. The Hall–Kier alpha value is -4.12. The fourth-order valence-electron chi connectivity index (χ4n) is 5.66. The molecule has 1 aliphatic heterocycles. The van der Waals surface area contributed by atoms with Crippen LogP contribution in [0.2, 0.25) is 0 Å². The number of aliphatic hydroxyl groups is 1. The first-order chi connectivity index (χ1) is 19.2. The van der Waals surface area contributed by atoms with E-state index in [1.807, 2.05) is 63.2 Å². The van der Waals surface area contributed by atoms with Crippen LogP contribution < -0.4 is 0 Å². The Morgan fingerprint density at radius 3 is 2.60 bits per heavy atom. The van der Waals surface area contributed by atoms with Gasteiger partial charge in [-0.05, 0) is 81.4 Å². The van der Waals surface area contributed by atoms with Crippen molar-refractivity contribution in [1.29, 1.82) is 0 Å². The fraction of sp³-hybridized carbons (Fsp3) is 0.448. The van der Waals surface area contributed by atoms with Crippen LogP contribution >= 0.6 is 0 Å². The molecule has 3 N–H and O–H groups in total. The van der Waals surface area contributed by atoms with Gasteiger partial charge in [0, 0.05) is 19.0 Å². The summed E-state index contributed by atoms with van der Waals surface area (Å²) in [7, 11) is 3.87. The van der Waals surface area contributed by atoms with Gasteiger partial charge in [0.05, 0.1) is 0 Å². The predicted molar refractivity (Wildman–Crippen MR) is 149 cm³/mol. The first kappa shape index (κ1) is 27.4. The standard InChI is InChI=1S/C29H36N8O3/c1-17-11-12-20(15-18(17)2)25-27(39)24(29(40)37(25)14-13-36(3)4)31-30-23-10-6-9-22(26(23)38)19-7-5-8-21(16-19)28-32-34-35-33-28/h6,9-12,15,19,21,25,38-39H,5,7-8,13-14,16H2,1-4H3,(H,32,33,34,35). The number of aromatic amines is 1. The van der Waals surface area contributed by atoms with E-state index in [0.717, 1.165) is 47.9 Å². The Morgan fingerprint density at radius 2 is 1.88 bits per heavy atom. The maximum absolute atomic E-state index is 13.5. The Morgan fingerprint density at radius 1 is 1.07 bits per heavy atom. The number of hydrogen-bond acceptors (Lipinski definition) is 9. The van der Waals surface area contributed by atoms with Gasteiger partial charge in [-0.25, -0.2) is 0 Å². The van der Waals surface area contributed by atoms with Gasteiger partial charge in [0.2, 0.25) is 0 Å². The van der Waals surface area contributed by atoms with Crippen LogP contribution in [0.15, 0.2) is 58.1 Å². The number of amides is 1. The molecular formula is C29H36N8O3. The van der Waals surface area contributed by atoms with E-state index in [1.165, 1.54) is 0 Å². The molecule has 2 aliphatic rings. The van der Waals surface area contributed by atoms with Crippen molar-refractivity contribution in [2.75, 3.05) is 27.2 Å². The second-order valence-corrected chi connectivity index (χ2v) is 11.0. The number of carbonyl (C=O) groups excluding carboxylic acids is 1. The lowest BCUT2D eigenvalue weighted by Crippen LogP contribution is -2.36. The summed E-state index contributed by atoms with van der Waals surface area (Å²) in [4.78, 5) is 17.1. The average molecular weight is 545 g/mol. The zero-order valence-corrected chi connectivity index (χ0v) is 23.4. The third-order valence-electron chi connectivity index (χ3n) is 8.06. The number of aliphatic hydroxyl groups excluding tert-OH is 1. The number of tetrazole rings is 1. The first-order valence-electron chi connectivity index (χ1n) is 13.7. The summed E-state index contributed by atoms with van der Waals surface area (Å²) in [6.07, 6.45) is 3.66. The van der Waals surface area contributed by atoms with Crippen molar-refractivity contribution in [2.45, 2.75) is 57.4 Å². The highest BCUT2D eigenvalue weighted by Gasteiger charge is 2.41. The molecule has 3 atom stereocenters. The number of aromatic nitrogens is 4. The van der Waals surface area contributed by atoms with E-state index in [-0.39, 0.29) is 34.7 Å². The van der Waals surface area contributed by atoms with Crippen molar-refractivity contribution >= 4 is 11.6 Å². The Bertz CT molecular complexity index is 1430. The lowest BCUT2D eigenvalue weighted by molar-refractivity contribution is -0.127. The van der Waals surface area contributed by atoms with Crippen LogP contribution in [0.5, 0.6) is 5.75 Å². The second kappa shape index (κ2) is 11.5. The number of nitrogens with zero attached hydrogens (tertiary/aromatic N) is 7. The van der Waals surface area contributed by atoms with Crippen LogP contribution in [0.1, 0.15) is 71.6 Å². The van der Waals surface area contributed by atoms with Crippen molar-refractivity contribution in [3.8, 4) is 5.75 Å². The number of nitrogens with one attached hydrogen (secondary N) is 1. The molecule has 3 unspecified atom stereocenters. The number of likely N-dealkylation sites (N-methyl/N-ethyl adjacent to an activating group) is 1. The topological polar surface area (TPSA) is 143 Å². The molecule has 40 heavy (non-hydrogen) atoms. The second-order valence-electron chi connectivity index (χ2n) is 11.0. The Labute approximate surface area is 233 Å². The summed E-state index contributed by atoms with van der Waals surface area (Å²) < 4.78 is 0. The third-order valence-corrected chi connectivity index (χ3v) is 8.06. The van der Waals surface area contributed by atoms with Gasteiger partial charge in [-0.1, -0.05) is 42.0 Å². The molecule has 0 saturated heterocycles. The molecule has 1 aliphatic carbocycles. The van der Waals surface area contributed by atoms with Crippen LogP contribution in [0, 0.1) is 13.8 Å². The van der Waals surface area contributed by atoms with E-state index in [9.17, 15) is 15.0 Å². The lowest BCUT2D eigenvalue weighted by atomic mass is 9.77. The van der Waals surface area contributed by atoms with E-state index in [1.54, 1.807) is 11.0 Å². The van der Waals surface area contributed by atoms with Gasteiger partial charge in [0.15, 0.2) is 17.3 Å². The molecule has 0 radical (unpaired) electrons. The molecule has 1 fully saturated rings. The number of aryl methyl sites for hydroxylation is 2. The maximum Gasteiger partial charge on any atom is 0.278 e. The number of aromatic hydroxyl groups is 1. The van der Waals surface area contributed by atoms with E-state index in [0.29, 0.717) is 18.9 Å². The number of hydrogen-bond donors (Lipinski definition) is 3. The van der Waals surface area contributed by atoms with Gasteiger partial charge in [0.25, 0.3) is 5.91 Å². The first-order valence-corrected chi connectivity index (χ1v) is 13.7. The van der Waals surface area contributed by atoms with E-state index < -0.39 is 11.9 Å². The summed E-state index contributed by atoms with van der Waals surface area (Å²) in [5.74, 6) is 0.462. The number of para-hydroxylation sites is 1. The minimum atomic E-state index is -0.648. The van der Waals surface area contributed by atoms with Crippen LogP contribution in [-0.2, 0) is 4.79 Å². The van der Waals surface area contributed by atoms with E-state index in [4.69, 9.17) is 0 Å². The molecular weight excluding hydrogens is 508 g/mol. The van der Waals surface area contributed by atoms with Crippen LogP contribution in [0.25, 0.3) is 0 Å². The zero-order chi connectivity index (χ0) is 28.4. The number of phenolic OH excluding ortho intramolecular Hbond substituents is 1. The highest BCUT2D eigenvalue weighted by atomic mass is 16.3. The minimum absolute atomic E-state index is 0.0331. The molecule has 0 bridgehead atoms. The van der Waals surface area contributed by atoms with Crippen molar-refractivity contribution in [1.82, 2.24) is 30.4 Å². The van der Waals surface area contributed by atoms with Crippen LogP contribution in [-0.4, -0.2) is 73.7 Å². The molecule has 0 spiro atoms. The number of carbonyl (C=O) groups is 1. The number of H-pyrrole nitrogens is 1. The van der Waals surface area contributed by atoms with E-state index >= 15 is 0 Å². The van der Waals surface area contributed by atoms with Gasteiger partial charge in [-0.3, -0.25) is 4.79 Å². The third kappa shape index (κ3) is 5.46. The molecule has 5 rings (SSSR count). The molecule has 2 heterocycles. The zero-order valence-electron chi connectivity index (χ0n) is 23.4. The van der Waals surface area contributed by atoms with Gasteiger partial charge in [-0.15, -0.1) is 20.4 Å². The fourth-order valence-corrected chi connectivity index (χ4v) is 5.66. The SMILES string of the molecule is Cc1ccc(C2C(O)=C(N=Nc3cccc(C4CCCC(c5nn[nH]n5)C4)c3O)C(=O)N2CCN(C)C)cc1C.